The van der Waals surface area contributed by atoms with E-state index in [1.807, 2.05) is 56.3 Å². The van der Waals surface area contributed by atoms with E-state index in [0.717, 1.165) is 37.6 Å². The highest BCUT2D eigenvalue weighted by Crippen LogP contribution is 2.24. The van der Waals surface area contributed by atoms with E-state index < -0.39 is 17.1 Å². The number of hydrogen-bond acceptors (Lipinski definition) is 6. The second-order valence-electron chi connectivity index (χ2n) is 7.64. The van der Waals surface area contributed by atoms with Crippen LogP contribution in [0.5, 0.6) is 5.88 Å². The van der Waals surface area contributed by atoms with E-state index in [1.165, 1.54) is 14.1 Å². The van der Waals surface area contributed by atoms with Crippen molar-refractivity contribution in [1.29, 1.82) is 0 Å². The highest BCUT2D eigenvalue weighted by Gasteiger charge is 2.22. The molecule has 9 heteroatoms. The van der Waals surface area contributed by atoms with Crippen molar-refractivity contribution in [3.8, 4) is 5.88 Å². The van der Waals surface area contributed by atoms with Gasteiger partial charge in [0.25, 0.3) is 5.56 Å². The summed E-state index contributed by atoms with van der Waals surface area (Å²) in [6.07, 6.45) is 0. The van der Waals surface area contributed by atoms with Gasteiger partial charge in [-0.15, -0.1) is 0 Å². The predicted molar refractivity (Wildman–Crippen MR) is 131 cm³/mol. The Bertz CT molecular complexity index is 1330. The topological polar surface area (TPSA) is 106 Å². The fourth-order valence-electron chi connectivity index (χ4n) is 3.07. The molecule has 0 saturated heterocycles. The summed E-state index contributed by atoms with van der Waals surface area (Å²) in [4.78, 5) is 42.1. The number of aliphatic imine (C=N–C) groups is 1. The lowest BCUT2D eigenvalue weighted by atomic mass is 10.1. The first-order chi connectivity index (χ1) is 15.7. The van der Waals surface area contributed by atoms with E-state index in [-0.39, 0.29) is 22.3 Å². The first-order valence-corrected chi connectivity index (χ1v) is 11.3. The van der Waals surface area contributed by atoms with Gasteiger partial charge in [0.15, 0.2) is 0 Å². The zero-order valence-corrected chi connectivity index (χ0v) is 19.8. The van der Waals surface area contributed by atoms with Crippen LogP contribution < -0.4 is 16.6 Å². The number of aromatic nitrogens is 2. The number of amides is 1. The standard InChI is InChI=1S/C24H26N4O4S/c1-15-10-11-18(12-16(15)2)26-21(20-22(30)27(3)24(32)28(4)23(20)31)33-14-19(29)25-13-17-8-6-5-7-9-17/h5-12,30H,13-14H2,1-4H3,(H,25,29). The number of hydrogen-bond donors (Lipinski definition) is 2. The predicted octanol–water partition coefficient (Wildman–Crippen LogP) is 2.53. The lowest BCUT2D eigenvalue weighted by Crippen LogP contribution is -2.39. The molecule has 0 atom stereocenters. The van der Waals surface area contributed by atoms with Crippen molar-refractivity contribution in [3.05, 3.63) is 91.6 Å². The maximum atomic E-state index is 12.9. The van der Waals surface area contributed by atoms with E-state index in [0.29, 0.717) is 12.2 Å². The number of nitrogens with zero attached hydrogens (tertiary/aromatic N) is 3. The molecule has 0 bridgehead atoms. The van der Waals surface area contributed by atoms with E-state index in [2.05, 4.69) is 10.3 Å². The zero-order chi connectivity index (χ0) is 24.1. The second-order valence-corrected chi connectivity index (χ2v) is 8.60. The van der Waals surface area contributed by atoms with E-state index in [4.69, 9.17) is 0 Å². The van der Waals surface area contributed by atoms with Crippen LogP contribution >= 0.6 is 11.8 Å². The summed E-state index contributed by atoms with van der Waals surface area (Å²) >= 11 is 1.02. The molecule has 0 saturated carbocycles. The van der Waals surface area contributed by atoms with Gasteiger partial charge in [-0.2, -0.15) is 0 Å². The molecule has 172 valence electrons. The van der Waals surface area contributed by atoms with Gasteiger partial charge in [-0.05, 0) is 42.7 Å². The molecule has 0 fully saturated rings. The van der Waals surface area contributed by atoms with Crippen molar-refractivity contribution in [2.75, 3.05) is 5.75 Å². The molecular formula is C24H26N4O4S. The fraction of sp³-hybridized carbons (Fsp3) is 0.250. The molecule has 3 rings (SSSR count). The van der Waals surface area contributed by atoms with Gasteiger partial charge >= 0.3 is 5.69 Å². The van der Waals surface area contributed by atoms with Crippen LogP contribution in [-0.2, 0) is 25.4 Å². The lowest BCUT2D eigenvalue weighted by molar-refractivity contribution is -0.118. The van der Waals surface area contributed by atoms with Crippen LogP contribution in [0.3, 0.4) is 0 Å². The van der Waals surface area contributed by atoms with Crippen LogP contribution in [0, 0.1) is 13.8 Å². The van der Waals surface area contributed by atoms with Crippen LogP contribution in [0.25, 0.3) is 0 Å². The second kappa shape index (κ2) is 10.4. The molecule has 1 aromatic heterocycles. The van der Waals surface area contributed by atoms with Crippen molar-refractivity contribution in [3.63, 3.8) is 0 Å². The van der Waals surface area contributed by atoms with Crippen LogP contribution in [0.4, 0.5) is 5.69 Å². The van der Waals surface area contributed by atoms with Crippen molar-refractivity contribution in [2.45, 2.75) is 20.4 Å². The van der Waals surface area contributed by atoms with Gasteiger partial charge in [-0.1, -0.05) is 48.2 Å². The third-order valence-electron chi connectivity index (χ3n) is 5.24. The number of nitrogens with one attached hydrogen (secondary N) is 1. The number of aryl methyl sites for hydroxylation is 2. The number of thioether (sulfide) groups is 1. The minimum Gasteiger partial charge on any atom is -0.494 e. The maximum Gasteiger partial charge on any atom is 0.333 e. The number of carbonyl (C=O) groups excluding carboxylic acids is 1. The Balaban J connectivity index is 1.94. The summed E-state index contributed by atoms with van der Waals surface area (Å²) in [7, 11) is 2.70. The monoisotopic (exact) mass is 466 g/mol. The Labute approximate surface area is 195 Å². The molecule has 0 radical (unpaired) electrons. The Morgan fingerprint density at radius 2 is 1.73 bits per heavy atom. The minimum atomic E-state index is -0.685. The highest BCUT2D eigenvalue weighted by atomic mass is 32.2. The summed E-state index contributed by atoms with van der Waals surface area (Å²) in [6.45, 7) is 4.29. The van der Waals surface area contributed by atoms with Gasteiger partial charge in [-0.25, -0.2) is 9.79 Å². The molecule has 8 nitrogen and oxygen atoms in total. The van der Waals surface area contributed by atoms with Crippen LogP contribution in [0.2, 0.25) is 0 Å². The van der Waals surface area contributed by atoms with Crippen molar-refractivity contribution in [1.82, 2.24) is 14.5 Å². The average molecular weight is 467 g/mol. The summed E-state index contributed by atoms with van der Waals surface area (Å²) in [5.74, 6) is -0.775. The van der Waals surface area contributed by atoms with Crippen LogP contribution in [0.15, 0.2) is 63.1 Å². The normalized spacial score (nSPS) is 11.5. The number of rotatable bonds is 6. The maximum absolute atomic E-state index is 12.9. The third kappa shape index (κ3) is 5.61. The lowest BCUT2D eigenvalue weighted by Gasteiger charge is -2.13. The molecule has 33 heavy (non-hydrogen) atoms. The Kier molecular flexibility index (Phi) is 7.55. The highest BCUT2D eigenvalue weighted by molar-refractivity contribution is 8.15. The van der Waals surface area contributed by atoms with Gasteiger partial charge in [0.05, 0.1) is 11.4 Å². The zero-order valence-electron chi connectivity index (χ0n) is 19.0. The molecule has 2 aromatic carbocycles. The molecule has 1 heterocycles. The summed E-state index contributed by atoms with van der Waals surface area (Å²) in [5, 5.41) is 13.6. The number of benzene rings is 2. The van der Waals surface area contributed by atoms with E-state index in [9.17, 15) is 19.5 Å². The van der Waals surface area contributed by atoms with Crippen molar-refractivity contribution < 1.29 is 9.90 Å². The van der Waals surface area contributed by atoms with Crippen molar-refractivity contribution in [2.24, 2.45) is 19.1 Å². The molecule has 0 spiro atoms. The third-order valence-corrected chi connectivity index (χ3v) is 6.22. The van der Waals surface area contributed by atoms with Gasteiger partial charge in [0.2, 0.25) is 11.8 Å². The summed E-state index contributed by atoms with van der Waals surface area (Å²) < 4.78 is 1.88. The summed E-state index contributed by atoms with van der Waals surface area (Å²) in [6, 6.07) is 15.1. The average Bonchev–Trinajstić information content (AvgIpc) is 2.81. The SMILES string of the molecule is Cc1ccc(N=C(SCC(=O)NCc2ccccc2)c2c(O)n(C)c(=O)n(C)c2=O)cc1C. The van der Waals surface area contributed by atoms with Crippen LogP contribution in [0.1, 0.15) is 22.3 Å². The number of aromatic hydroxyl groups is 1. The molecular weight excluding hydrogens is 440 g/mol. The number of carbonyl (C=O) groups is 1. The first kappa shape index (κ1) is 24.1. The largest absolute Gasteiger partial charge is 0.494 e. The van der Waals surface area contributed by atoms with Crippen LogP contribution in [-0.4, -0.2) is 30.9 Å². The Hall–Kier alpha value is -3.59. The molecule has 3 aromatic rings. The van der Waals surface area contributed by atoms with Gasteiger partial charge in [0.1, 0.15) is 10.6 Å². The molecule has 0 aliphatic heterocycles. The van der Waals surface area contributed by atoms with Gasteiger partial charge in [0, 0.05) is 20.6 Å². The first-order valence-electron chi connectivity index (χ1n) is 10.3. The minimum absolute atomic E-state index is 0.0258. The molecule has 0 aliphatic rings. The molecule has 0 aliphatic carbocycles. The quantitative estimate of drug-likeness (QED) is 0.429. The fourth-order valence-corrected chi connectivity index (χ4v) is 3.94. The van der Waals surface area contributed by atoms with E-state index >= 15 is 0 Å². The molecule has 1 amide bonds. The van der Waals surface area contributed by atoms with E-state index in [1.54, 1.807) is 6.07 Å². The molecule has 0 unspecified atom stereocenters. The van der Waals surface area contributed by atoms with Gasteiger partial charge in [-0.3, -0.25) is 18.7 Å². The Morgan fingerprint density at radius 1 is 1.03 bits per heavy atom. The van der Waals surface area contributed by atoms with Crippen molar-refractivity contribution >= 4 is 28.4 Å². The Morgan fingerprint density at radius 3 is 2.39 bits per heavy atom. The molecule has 2 N–H and O–H groups in total. The smallest absolute Gasteiger partial charge is 0.333 e. The van der Waals surface area contributed by atoms with Gasteiger partial charge < -0.3 is 10.4 Å². The summed E-state index contributed by atoms with van der Waals surface area (Å²) in [5.41, 5.74) is 2.17.